The van der Waals surface area contributed by atoms with Gasteiger partial charge in [-0.3, -0.25) is 24.5 Å². The Morgan fingerprint density at radius 2 is 1.71 bits per heavy atom. The molecule has 10 heteroatoms. The molecule has 0 aliphatic carbocycles. The van der Waals surface area contributed by atoms with Gasteiger partial charge in [-0.1, -0.05) is 18.2 Å². The maximum Gasteiger partial charge on any atom is 0.271 e. The third kappa shape index (κ3) is 3.44. The molecule has 3 aromatic carbocycles. The van der Waals surface area contributed by atoms with Gasteiger partial charge in [0.05, 0.1) is 29.4 Å². The van der Waals surface area contributed by atoms with Gasteiger partial charge in [-0.25, -0.2) is 14.4 Å². The van der Waals surface area contributed by atoms with E-state index in [0.717, 1.165) is 4.90 Å². The first-order chi connectivity index (χ1) is 16.4. The molecule has 0 bridgehead atoms. The number of rotatable bonds is 5. The summed E-state index contributed by atoms with van der Waals surface area (Å²) in [7, 11) is 1.51. The van der Waals surface area contributed by atoms with Gasteiger partial charge in [0.2, 0.25) is 5.91 Å². The number of nitrogens with zero attached hydrogens (tertiary/aromatic N) is 3. The number of methoxy groups -OCH3 is 1. The third-order valence-electron chi connectivity index (χ3n) is 5.93. The van der Waals surface area contributed by atoms with E-state index < -0.39 is 40.6 Å². The van der Waals surface area contributed by atoms with E-state index in [0.29, 0.717) is 17.0 Å². The molecule has 2 fully saturated rings. The molecule has 2 aliphatic heterocycles. The normalized spacial score (nSPS) is 21.6. The van der Waals surface area contributed by atoms with Crippen molar-refractivity contribution < 1.29 is 28.5 Å². The van der Waals surface area contributed by atoms with Crippen molar-refractivity contribution in [3.8, 4) is 5.75 Å². The number of imide groups is 1. The van der Waals surface area contributed by atoms with E-state index >= 15 is 0 Å². The Morgan fingerprint density at radius 1 is 0.971 bits per heavy atom. The van der Waals surface area contributed by atoms with E-state index in [1.54, 1.807) is 30.3 Å². The first-order valence-electron chi connectivity index (χ1n) is 10.4. The number of carbonyl (C=O) groups is 2. The van der Waals surface area contributed by atoms with E-state index in [1.807, 2.05) is 0 Å². The zero-order chi connectivity index (χ0) is 24.0. The zero-order valence-corrected chi connectivity index (χ0v) is 17.8. The molecule has 3 atom stereocenters. The first-order valence-corrected chi connectivity index (χ1v) is 10.4. The van der Waals surface area contributed by atoms with Crippen molar-refractivity contribution in [2.45, 2.75) is 12.1 Å². The Bertz CT molecular complexity index is 1300. The smallest absolute Gasteiger partial charge is 0.271 e. The lowest BCUT2D eigenvalue weighted by Crippen LogP contribution is -2.37. The van der Waals surface area contributed by atoms with Gasteiger partial charge in [-0.05, 0) is 48.0 Å². The summed E-state index contributed by atoms with van der Waals surface area (Å²) in [6.07, 6.45) is -1.16. The van der Waals surface area contributed by atoms with Crippen LogP contribution in [-0.4, -0.2) is 30.0 Å². The molecule has 0 spiro atoms. The Morgan fingerprint density at radius 3 is 2.41 bits per heavy atom. The van der Waals surface area contributed by atoms with Crippen molar-refractivity contribution in [2.75, 3.05) is 17.1 Å². The summed E-state index contributed by atoms with van der Waals surface area (Å²) in [4.78, 5) is 44.6. The minimum Gasteiger partial charge on any atom is -0.497 e. The summed E-state index contributed by atoms with van der Waals surface area (Å²) in [5, 5.41) is 12.7. The van der Waals surface area contributed by atoms with Crippen LogP contribution in [0.3, 0.4) is 0 Å². The largest absolute Gasteiger partial charge is 0.497 e. The van der Waals surface area contributed by atoms with Gasteiger partial charge < -0.3 is 4.74 Å². The van der Waals surface area contributed by atoms with Crippen LogP contribution >= 0.6 is 0 Å². The minimum atomic E-state index is -1.16. The first kappa shape index (κ1) is 21.5. The van der Waals surface area contributed by atoms with E-state index in [2.05, 4.69) is 0 Å². The molecule has 5 rings (SSSR count). The average molecular weight is 463 g/mol. The van der Waals surface area contributed by atoms with Gasteiger partial charge in [0.15, 0.2) is 6.10 Å². The van der Waals surface area contributed by atoms with Crippen molar-refractivity contribution in [1.82, 2.24) is 0 Å². The highest BCUT2D eigenvalue weighted by molar-refractivity contribution is 6.23. The van der Waals surface area contributed by atoms with Gasteiger partial charge in [-0.2, -0.15) is 0 Å². The number of nitro benzene ring substituents is 1. The Kier molecular flexibility index (Phi) is 5.21. The molecular weight excluding hydrogens is 445 g/mol. The van der Waals surface area contributed by atoms with Crippen LogP contribution in [-0.2, 0) is 14.4 Å². The van der Waals surface area contributed by atoms with Crippen LogP contribution in [0.25, 0.3) is 0 Å². The highest BCUT2D eigenvalue weighted by atomic mass is 19.1. The second kappa shape index (κ2) is 8.23. The third-order valence-corrected chi connectivity index (χ3v) is 5.93. The van der Waals surface area contributed by atoms with Crippen LogP contribution < -0.4 is 14.7 Å². The predicted octanol–water partition coefficient (Wildman–Crippen LogP) is 3.79. The van der Waals surface area contributed by atoms with Crippen molar-refractivity contribution in [3.05, 3.63) is 94.3 Å². The average Bonchev–Trinajstić information content (AvgIpc) is 3.36. The van der Waals surface area contributed by atoms with Crippen LogP contribution in [0.15, 0.2) is 72.8 Å². The second-order valence-electron chi connectivity index (χ2n) is 7.86. The van der Waals surface area contributed by atoms with Gasteiger partial charge >= 0.3 is 0 Å². The summed E-state index contributed by atoms with van der Waals surface area (Å²) >= 11 is 0. The van der Waals surface area contributed by atoms with Gasteiger partial charge in [0, 0.05) is 12.1 Å². The summed E-state index contributed by atoms with van der Waals surface area (Å²) in [5.41, 5.74) is 1.03. The standard InChI is InChI=1S/C24H18FN3O6/c1-33-19-7-2-4-14(12-19)21-20-22(34-27(21)17-5-3-6-18(13-17)28(31)32)24(30)26(23(20)29)16-10-8-15(25)9-11-16/h2-13,20-22H,1H3/t20-,21-,22+/m1/s1. The lowest BCUT2D eigenvalue weighted by atomic mass is 9.90. The van der Waals surface area contributed by atoms with Crippen molar-refractivity contribution >= 4 is 28.9 Å². The maximum absolute atomic E-state index is 13.5. The van der Waals surface area contributed by atoms with Crippen LogP contribution in [0.2, 0.25) is 0 Å². The van der Waals surface area contributed by atoms with Crippen LogP contribution in [0, 0.1) is 21.8 Å². The molecule has 2 saturated heterocycles. The number of amides is 2. The summed E-state index contributed by atoms with van der Waals surface area (Å²) in [6, 6.07) is 17.0. The molecule has 0 unspecified atom stereocenters. The SMILES string of the molecule is COc1cccc([C@@H]2[C@H]3C(=O)N(c4ccc(F)cc4)C(=O)[C@H]3ON2c2cccc([N+](=O)[O-])c2)c1. The summed E-state index contributed by atoms with van der Waals surface area (Å²) in [5.74, 6) is -2.01. The molecule has 0 radical (unpaired) electrons. The monoisotopic (exact) mass is 463 g/mol. The fraction of sp³-hybridized carbons (Fsp3) is 0.167. The van der Waals surface area contributed by atoms with Gasteiger partial charge in [0.1, 0.15) is 17.5 Å². The molecule has 2 heterocycles. The molecule has 0 N–H and O–H groups in total. The van der Waals surface area contributed by atoms with E-state index in [4.69, 9.17) is 9.57 Å². The molecule has 0 aromatic heterocycles. The van der Waals surface area contributed by atoms with Crippen molar-refractivity contribution in [2.24, 2.45) is 5.92 Å². The fourth-order valence-electron chi connectivity index (χ4n) is 4.39. The Labute approximate surface area is 193 Å². The fourth-order valence-corrected chi connectivity index (χ4v) is 4.39. The Balaban J connectivity index is 1.60. The van der Waals surface area contributed by atoms with Gasteiger partial charge in [-0.15, -0.1) is 0 Å². The zero-order valence-electron chi connectivity index (χ0n) is 17.8. The lowest BCUT2D eigenvalue weighted by Gasteiger charge is -2.28. The Hall–Kier alpha value is -4.31. The van der Waals surface area contributed by atoms with Crippen molar-refractivity contribution in [1.29, 1.82) is 0 Å². The van der Waals surface area contributed by atoms with Gasteiger partial charge in [0.25, 0.3) is 11.6 Å². The molecule has 0 saturated carbocycles. The van der Waals surface area contributed by atoms with Crippen LogP contribution in [0.4, 0.5) is 21.5 Å². The molecule has 9 nitrogen and oxygen atoms in total. The predicted molar refractivity (Wildman–Crippen MR) is 119 cm³/mol. The number of hydrogen-bond donors (Lipinski definition) is 0. The molecule has 172 valence electrons. The summed E-state index contributed by atoms with van der Waals surface area (Å²) in [6.45, 7) is 0. The number of hydroxylamine groups is 1. The number of nitro groups is 1. The summed E-state index contributed by atoms with van der Waals surface area (Å²) < 4.78 is 18.7. The highest BCUT2D eigenvalue weighted by Crippen LogP contribution is 2.48. The maximum atomic E-state index is 13.5. The molecule has 2 aliphatic rings. The van der Waals surface area contributed by atoms with Crippen LogP contribution in [0.5, 0.6) is 5.75 Å². The van der Waals surface area contributed by atoms with Crippen LogP contribution in [0.1, 0.15) is 11.6 Å². The minimum absolute atomic E-state index is 0.159. The molecule has 34 heavy (non-hydrogen) atoms. The van der Waals surface area contributed by atoms with Crippen molar-refractivity contribution in [3.63, 3.8) is 0 Å². The van der Waals surface area contributed by atoms with E-state index in [-0.39, 0.29) is 11.4 Å². The lowest BCUT2D eigenvalue weighted by molar-refractivity contribution is -0.384. The second-order valence-corrected chi connectivity index (χ2v) is 7.86. The number of anilines is 2. The number of halogens is 1. The highest BCUT2D eigenvalue weighted by Gasteiger charge is 2.60. The number of ether oxygens (including phenoxy) is 1. The van der Waals surface area contributed by atoms with E-state index in [1.165, 1.54) is 54.6 Å². The molecular formula is C24H18FN3O6. The number of benzene rings is 3. The number of carbonyl (C=O) groups excluding carboxylic acids is 2. The number of hydrogen-bond acceptors (Lipinski definition) is 7. The van der Waals surface area contributed by atoms with E-state index in [9.17, 15) is 24.1 Å². The topological polar surface area (TPSA) is 102 Å². The molecule has 3 aromatic rings. The number of fused-ring (bicyclic) bond motifs is 1. The quantitative estimate of drug-likeness (QED) is 0.322. The molecule has 2 amide bonds. The number of non-ortho nitro benzene ring substituents is 1.